The van der Waals surface area contributed by atoms with Crippen molar-refractivity contribution in [1.29, 1.82) is 0 Å². The number of carbonyl (C=O) groups is 1. The third-order valence-corrected chi connectivity index (χ3v) is 4.34. The lowest BCUT2D eigenvalue weighted by molar-refractivity contribution is -0.131. The van der Waals surface area contributed by atoms with E-state index < -0.39 is 0 Å². The van der Waals surface area contributed by atoms with E-state index in [2.05, 4.69) is 5.16 Å². The number of hydrogen-bond donors (Lipinski definition) is 0. The van der Waals surface area contributed by atoms with Gasteiger partial charge in [-0.05, 0) is 44.9 Å². The first kappa shape index (κ1) is 17.1. The van der Waals surface area contributed by atoms with Gasteiger partial charge < -0.3 is 14.2 Å². The van der Waals surface area contributed by atoms with Crippen LogP contribution in [0.25, 0.3) is 0 Å². The van der Waals surface area contributed by atoms with E-state index in [-0.39, 0.29) is 11.9 Å². The summed E-state index contributed by atoms with van der Waals surface area (Å²) >= 11 is 0. The molecule has 0 saturated carbocycles. The Balaban J connectivity index is 1.98. The van der Waals surface area contributed by atoms with Crippen LogP contribution >= 0.6 is 0 Å². The molecule has 1 heterocycles. The SMILES string of the molecule is COc1ccc(C(C)N(C)C(=O)CCc2c(C)noc2C)cc1. The van der Waals surface area contributed by atoms with E-state index >= 15 is 0 Å². The van der Waals surface area contributed by atoms with Crippen LogP contribution in [0.4, 0.5) is 0 Å². The molecule has 5 heteroatoms. The first-order valence-electron chi connectivity index (χ1n) is 7.75. The zero-order valence-electron chi connectivity index (χ0n) is 14.4. The van der Waals surface area contributed by atoms with Crippen LogP contribution in [-0.2, 0) is 11.2 Å². The molecule has 0 N–H and O–H groups in total. The molecule has 1 atom stereocenters. The van der Waals surface area contributed by atoms with Gasteiger partial charge in [0, 0.05) is 19.0 Å². The number of aryl methyl sites for hydroxylation is 2. The van der Waals surface area contributed by atoms with E-state index in [0.717, 1.165) is 28.3 Å². The van der Waals surface area contributed by atoms with Gasteiger partial charge in [-0.15, -0.1) is 0 Å². The Bertz CT molecular complexity index is 642. The lowest BCUT2D eigenvalue weighted by Crippen LogP contribution is -2.29. The fourth-order valence-corrected chi connectivity index (χ4v) is 2.59. The number of ether oxygens (including phenoxy) is 1. The van der Waals surface area contributed by atoms with Crippen molar-refractivity contribution in [2.75, 3.05) is 14.2 Å². The molecular weight excluding hydrogens is 292 g/mol. The monoisotopic (exact) mass is 316 g/mol. The summed E-state index contributed by atoms with van der Waals surface area (Å²) in [5, 5.41) is 3.93. The van der Waals surface area contributed by atoms with Gasteiger partial charge in [0.25, 0.3) is 0 Å². The molecule has 0 aliphatic carbocycles. The molecule has 124 valence electrons. The summed E-state index contributed by atoms with van der Waals surface area (Å²) in [6.07, 6.45) is 1.10. The van der Waals surface area contributed by atoms with Crippen molar-refractivity contribution in [3.63, 3.8) is 0 Å². The Hall–Kier alpha value is -2.30. The summed E-state index contributed by atoms with van der Waals surface area (Å²) in [7, 11) is 3.48. The lowest BCUT2D eigenvalue weighted by atomic mass is 10.0. The van der Waals surface area contributed by atoms with Gasteiger partial charge in [0.15, 0.2) is 0 Å². The van der Waals surface area contributed by atoms with E-state index in [4.69, 9.17) is 9.26 Å². The Morgan fingerprint density at radius 1 is 1.30 bits per heavy atom. The summed E-state index contributed by atoms with van der Waals surface area (Å²) in [6.45, 7) is 5.80. The van der Waals surface area contributed by atoms with Gasteiger partial charge in [-0.3, -0.25) is 4.79 Å². The van der Waals surface area contributed by atoms with Gasteiger partial charge in [-0.25, -0.2) is 0 Å². The number of hydrogen-bond acceptors (Lipinski definition) is 4. The highest BCUT2D eigenvalue weighted by atomic mass is 16.5. The van der Waals surface area contributed by atoms with Crippen molar-refractivity contribution in [3.8, 4) is 5.75 Å². The molecule has 0 aliphatic heterocycles. The summed E-state index contributed by atoms with van der Waals surface area (Å²) in [4.78, 5) is 14.2. The van der Waals surface area contributed by atoms with Crippen molar-refractivity contribution >= 4 is 5.91 Å². The number of nitrogens with zero attached hydrogens (tertiary/aromatic N) is 2. The highest BCUT2D eigenvalue weighted by Gasteiger charge is 2.19. The predicted octanol–water partition coefficient (Wildman–Crippen LogP) is 3.45. The minimum absolute atomic E-state index is 0.0121. The molecule has 5 nitrogen and oxygen atoms in total. The number of amides is 1. The van der Waals surface area contributed by atoms with Gasteiger partial charge in [0.05, 0.1) is 18.8 Å². The van der Waals surface area contributed by atoms with Gasteiger partial charge in [0.2, 0.25) is 5.91 Å². The van der Waals surface area contributed by atoms with Gasteiger partial charge >= 0.3 is 0 Å². The molecule has 1 aromatic carbocycles. The molecule has 0 bridgehead atoms. The maximum absolute atomic E-state index is 12.4. The second-order valence-corrected chi connectivity index (χ2v) is 5.76. The number of methoxy groups -OCH3 is 1. The van der Waals surface area contributed by atoms with Crippen LogP contribution in [0.3, 0.4) is 0 Å². The van der Waals surface area contributed by atoms with Crippen molar-refractivity contribution in [2.24, 2.45) is 0 Å². The molecule has 0 fully saturated rings. The van der Waals surface area contributed by atoms with Crippen LogP contribution < -0.4 is 4.74 Å². The van der Waals surface area contributed by atoms with E-state index in [1.54, 1.807) is 12.0 Å². The highest BCUT2D eigenvalue weighted by molar-refractivity contribution is 5.76. The van der Waals surface area contributed by atoms with E-state index in [1.165, 1.54) is 0 Å². The Morgan fingerprint density at radius 2 is 1.96 bits per heavy atom. The molecule has 1 unspecified atom stereocenters. The molecule has 2 aromatic rings. The molecule has 1 amide bonds. The van der Waals surface area contributed by atoms with Crippen molar-refractivity contribution in [3.05, 3.63) is 46.8 Å². The average molecular weight is 316 g/mol. The fraction of sp³-hybridized carbons (Fsp3) is 0.444. The topological polar surface area (TPSA) is 55.6 Å². The molecule has 0 radical (unpaired) electrons. The normalized spacial score (nSPS) is 12.0. The number of carbonyl (C=O) groups excluding carboxylic acids is 1. The number of aromatic nitrogens is 1. The maximum Gasteiger partial charge on any atom is 0.223 e. The van der Waals surface area contributed by atoms with Crippen molar-refractivity contribution < 1.29 is 14.1 Å². The minimum Gasteiger partial charge on any atom is -0.497 e. The number of rotatable bonds is 6. The van der Waals surface area contributed by atoms with Crippen LogP contribution in [0.5, 0.6) is 5.75 Å². The minimum atomic E-state index is 0.0121. The first-order valence-corrected chi connectivity index (χ1v) is 7.75. The van der Waals surface area contributed by atoms with Crippen LogP contribution in [0, 0.1) is 13.8 Å². The predicted molar refractivity (Wildman–Crippen MR) is 88.5 cm³/mol. The van der Waals surface area contributed by atoms with Gasteiger partial charge in [-0.1, -0.05) is 17.3 Å². The van der Waals surface area contributed by atoms with Crippen LogP contribution in [-0.4, -0.2) is 30.1 Å². The lowest BCUT2D eigenvalue weighted by Gasteiger charge is -2.25. The first-order chi connectivity index (χ1) is 10.9. The van der Waals surface area contributed by atoms with E-state index in [9.17, 15) is 4.79 Å². The summed E-state index contributed by atoms with van der Waals surface area (Å²) in [5.74, 6) is 1.71. The Labute approximate surface area is 137 Å². The molecular formula is C18H24N2O3. The summed E-state index contributed by atoms with van der Waals surface area (Å²) in [5.41, 5.74) is 2.98. The van der Waals surface area contributed by atoms with Gasteiger partial charge in [0.1, 0.15) is 11.5 Å². The molecule has 1 aromatic heterocycles. The van der Waals surface area contributed by atoms with Crippen molar-refractivity contribution in [2.45, 2.75) is 39.7 Å². The zero-order valence-corrected chi connectivity index (χ0v) is 14.4. The summed E-state index contributed by atoms with van der Waals surface area (Å²) < 4.78 is 10.3. The van der Waals surface area contributed by atoms with Crippen molar-refractivity contribution in [1.82, 2.24) is 10.1 Å². The fourth-order valence-electron chi connectivity index (χ4n) is 2.59. The second kappa shape index (κ2) is 7.31. The summed E-state index contributed by atoms with van der Waals surface area (Å²) in [6, 6.07) is 7.81. The largest absolute Gasteiger partial charge is 0.497 e. The molecule has 0 saturated heterocycles. The van der Waals surface area contributed by atoms with Crippen LogP contribution in [0.15, 0.2) is 28.8 Å². The Morgan fingerprint density at radius 3 is 2.48 bits per heavy atom. The second-order valence-electron chi connectivity index (χ2n) is 5.76. The quantitative estimate of drug-likeness (QED) is 0.819. The molecule has 0 spiro atoms. The zero-order chi connectivity index (χ0) is 17.0. The van der Waals surface area contributed by atoms with E-state index in [1.807, 2.05) is 52.1 Å². The molecule has 23 heavy (non-hydrogen) atoms. The highest BCUT2D eigenvalue weighted by Crippen LogP contribution is 2.23. The smallest absolute Gasteiger partial charge is 0.223 e. The maximum atomic E-state index is 12.4. The third kappa shape index (κ3) is 3.92. The van der Waals surface area contributed by atoms with Gasteiger partial charge in [-0.2, -0.15) is 0 Å². The average Bonchev–Trinajstić information content (AvgIpc) is 2.89. The van der Waals surface area contributed by atoms with E-state index in [0.29, 0.717) is 12.8 Å². The van der Waals surface area contributed by atoms with Crippen LogP contribution in [0.2, 0.25) is 0 Å². The third-order valence-electron chi connectivity index (χ3n) is 4.34. The number of benzene rings is 1. The van der Waals surface area contributed by atoms with Crippen LogP contribution in [0.1, 0.15) is 42.0 Å². The standard InChI is InChI=1S/C18H24N2O3/c1-12-17(14(3)23-19-12)10-11-18(21)20(4)13(2)15-6-8-16(22-5)9-7-15/h6-9,13H,10-11H2,1-5H3. The molecule has 0 aliphatic rings. The Kier molecular flexibility index (Phi) is 5.42. The molecule has 2 rings (SSSR count).